The number of aryl methyl sites for hydroxylation is 3. The maximum atomic E-state index is 11.9. The van der Waals surface area contributed by atoms with Gasteiger partial charge in [0.25, 0.3) is 0 Å². The Morgan fingerprint density at radius 1 is 1.22 bits per heavy atom. The van der Waals surface area contributed by atoms with Gasteiger partial charge in [-0.3, -0.25) is 9.69 Å². The number of rotatable bonds is 2. The topological polar surface area (TPSA) is 20.3 Å². The highest BCUT2D eigenvalue weighted by Crippen LogP contribution is 2.28. The molecule has 18 heavy (non-hydrogen) atoms. The van der Waals surface area contributed by atoms with Crippen LogP contribution in [0.15, 0.2) is 12.1 Å². The minimum absolute atomic E-state index is 0.367. The van der Waals surface area contributed by atoms with Gasteiger partial charge in [0.15, 0.2) is 0 Å². The summed E-state index contributed by atoms with van der Waals surface area (Å²) in [5, 5.41) is 0. The number of terminal acetylenes is 2. The first-order valence-corrected chi connectivity index (χ1v) is 5.76. The third-order valence-electron chi connectivity index (χ3n) is 2.85. The van der Waals surface area contributed by atoms with Crippen LogP contribution in [0.5, 0.6) is 0 Å². The van der Waals surface area contributed by atoms with Gasteiger partial charge in [0, 0.05) is 0 Å². The van der Waals surface area contributed by atoms with E-state index in [1.807, 2.05) is 32.9 Å². The number of carbonyl (C=O) groups excluding carboxylic acids is 1. The molecule has 0 aliphatic heterocycles. The summed E-state index contributed by atoms with van der Waals surface area (Å²) in [5.74, 6) is 4.29. The molecule has 1 unspecified atom stereocenters. The van der Waals surface area contributed by atoms with Gasteiger partial charge >= 0.3 is 5.91 Å². The Labute approximate surface area is 109 Å². The van der Waals surface area contributed by atoms with Crippen LogP contribution >= 0.6 is 0 Å². The van der Waals surface area contributed by atoms with E-state index in [-0.39, 0.29) is 6.04 Å². The highest BCUT2D eigenvalue weighted by molar-refractivity contribution is 6.07. The molecule has 0 heterocycles. The predicted molar refractivity (Wildman–Crippen MR) is 75.3 cm³/mol. The molecule has 2 heteroatoms. The second-order valence-electron chi connectivity index (χ2n) is 4.41. The molecule has 0 aliphatic carbocycles. The van der Waals surface area contributed by atoms with Crippen molar-refractivity contribution in [2.75, 3.05) is 4.90 Å². The number of benzene rings is 1. The fraction of sp³-hybridized carbons (Fsp3) is 0.312. The van der Waals surface area contributed by atoms with Crippen LogP contribution in [0.2, 0.25) is 0 Å². The number of hydrogen-bond acceptors (Lipinski definition) is 1. The lowest BCUT2D eigenvalue weighted by Crippen LogP contribution is -2.38. The van der Waals surface area contributed by atoms with Gasteiger partial charge in [-0.05, 0) is 44.7 Å². The first-order valence-electron chi connectivity index (χ1n) is 5.76. The van der Waals surface area contributed by atoms with Gasteiger partial charge in [0.1, 0.15) is 0 Å². The van der Waals surface area contributed by atoms with Crippen molar-refractivity contribution >= 4 is 11.6 Å². The molecule has 1 atom stereocenters. The lowest BCUT2D eigenvalue weighted by molar-refractivity contribution is -0.113. The average Bonchev–Trinajstić information content (AvgIpc) is 2.31. The molecule has 1 amide bonds. The molecular weight excluding hydrogens is 222 g/mol. The number of hydrogen-bond donors (Lipinski definition) is 0. The van der Waals surface area contributed by atoms with Crippen molar-refractivity contribution in [2.24, 2.45) is 0 Å². The van der Waals surface area contributed by atoms with E-state index in [9.17, 15) is 4.79 Å². The van der Waals surface area contributed by atoms with Crippen LogP contribution in [0.4, 0.5) is 5.69 Å². The highest BCUT2D eigenvalue weighted by Gasteiger charge is 2.22. The van der Waals surface area contributed by atoms with E-state index in [0.717, 1.165) is 22.4 Å². The Bertz CT molecular complexity index is 534. The van der Waals surface area contributed by atoms with Crippen molar-refractivity contribution in [3.05, 3.63) is 28.8 Å². The minimum Gasteiger partial charge on any atom is -0.287 e. The van der Waals surface area contributed by atoms with E-state index in [1.54, 1.807) is 6.92 Å². The number of anilines is 1. The van der Waals surface area contributed by atoms with Crippen molar-refractivity contribution in [1.82, 2.24) is 0 Å². The van der Waals surface area contributed by atoms with Gasteiger partial charge in [-0.25, -0.2) is 0 Å². The molecule has 92 valence electrons. The molecule has 2 nitrogen and oxygen atoms in total. The van der Waals surface area contributed by atoms with Crippen LogP contribution in [-0.2, 0) is 4.79 Å². The minimum atomic E-state index is -0.407. The summed E-state index contributed by atoms with van der Waals surface area (Å²) >= 11 is 0. The molecule has 1 aromatic carbocycles. The monoisotopic (exact) mass is 239 g/mol. The van der Waals surface area contributed by atoms with Crippen LogP contribution in [0.25, 0.3) is 0 Å². The van der Waals surface area contributed by atoms with Crippen molar-refractivity contribution in [3.63, 3.8) is 0 Å². The Morgan fingerprint density at radius 2 is 1.72 bits per heavy atom. The zero-order valence-electron chi connectivity index (χ0n) is 11.2. The van der Waals surface area contributed by atoms with Gasteiger partial charge in [0.05, 0.1) is 11.7 Å². The molecule has 0 saturated heterocycles. The molecule has 0 saturated carbocycles. The van der Waals surface area contributed by atoms with Gasteiger partial charge < -0.3 is 0 Å². The number of carbonyl (C=O) groups is 1. The Kier molecular flexibility index (Phi) is 4.18. The van der Waals surface area contributed by atoms with Gasteiger partial charge in [-0.2, -0.15) is 0 Å². The van der Waals surface area contributed by atoms with Crippen molar-refractivity contribution in [1.29, 1.82) is 0 Å². The van der Waals surface area contributed by atoms with Crippen LogP contribution < -0.4 is 4.90 Å². The second kappa shape index (κ2) is 5.43. The summed E-state index contributed by atoms with van der Waals surface area (Å²) in [6, 6.07) is 3.67. The Balaban J connectivity index is 3.45. The number of nitrogens with zero attached hydrogens (tertiary/aromatic N) is 1. The van der Waals surface area contributed by atoms with Crippen LogP contribution in [-0.4, -0.2) is 11.9 Å². The van der Waals surface area contributed by atoms with E-state index >= 15 is 0 Å². The molecule has 0 aliphatic rings. The molecule has 0 N–H and O–H groups in total. The Hall–Kier alpha value is -2.19. The van der Waals surface area contributed by atoms with Crippen molar-refractivity contribution in [2.45, 2.75) is 33.7 Å². The van der Waals surface area contributed by atoms with E-state index in [4.69, 9.17) is 12.8 Å². The first kappa shape index (κ1) is 13.9. The fourth-order valence-corrected chi connectivity index (χ4v) is 2.17. The third-order valence-corrected chi connectivity index (χ3v) is 2.85. The highest BCUT2D eigenvalue weighted by atomic mass is 16.2. The largest absolute Gasteiger partial charge is 0.303 e. The van der Waals surface area contributed by atoms with Crippen LogP contribution in [0.1, 0.15) is 23.6 Å². The predicted octanol–water partition coefficient (Wildman–Crippen LogP) is 2.60. The van der Waals surface area contributed by atoms with E-state index in [1.165, 1.54) is 4.90 Å². The molecule has 0 spiro atoms. The molecule has 1 aromatic rings. The van der Waals surface area contributed by atoms with E-state index < -0.39 is 5.91 Å². The molecule has 1 rings (SSSR count). The Morgan fingerprint density at radius 3 is 2.11 bits per heavy atom. The standard InChI is InChI=1S/C16H17NO/c1-7-14(6)17(15(18)8-2)16-12(4)9-11(3)10-13(16)5/h1-2,9-10,14H,3-6H3. The summed E-state index contributed by atoms with van der Waals surface area (Å²) in [4.78, 5) is 13.4. The zero-order valence-corrected chi connectivity index (χ0v) is 11.2. The van der Waals surface area contributed by atoms with Crippen molar-refractivity contribution in [3.8, 4) is 24.7 Å². The maximum absolute atomic E-state index is 11.9. The average molecular weight is 239 g/mol. The lowest BCUT2D eigenvalue weighted by Gasteiger charge is -2.27. The summed E-state index contributed by atoms with van der Waals surface area (Å²) < 4.78 is 0. The lowest BCUT2D eigenvalue weighted by atomic mass is 10.0. The summed E-state index contributed by atoms with van der Waals surface area (Å²) in [5.41, 5.74) is 3.96. The van der Waals surface area contributed by atoms with E-state index in [0.29, 0.717) is 0 Å². The first-order chi connectivity index (χ1) is 8.42. The normalized spacial score (nSPS) is 11.2. The van der Waals surface area contributed by atoms with Gasteiger partial charge in [0.2, 0.25) is 0 Å². The fourth-order valence-electron chi connectivity index (χ4n) is 2.17. The molecule has 0 aromatic heterocycles. The van der Waals surface area contributed by atoms with Crippen molar-refractivity contribution < 1.29 is 4.79 Å². The summed E-state index contributed by atoms with van der Waals surface area (Å²) in [6.07, 6.45) is 10.6. The summed E-state index contributed by atoms with van der Waals surface area (Å²) in [6.45, 7) is 7.71. The van der Waals surface area contributed by atoms with Crippen LogP contribution in [0.3, 0.4) is 0 Å². The molecule has 0 fully saturated rings. The molecule has 0 radical (unpaired) electrons. The summed E-state index contributed by atoms with van der Waals surface area (Å²) in [7, 11) is 0. The zero-order chi connectivity index (χ0) is 13.9. The maximum Gasteiger partial charge on any atom is 0.303 e. The smallest absolute Gasteiger partial charge is 0.287 e. The molecular formula is C16H17NO. The van der Waals surface area contributed by atoms with Gasteiger partial charge in [-0.15, -0.1) is 12.8 Å². The third kappa shape index (κ3) is 2.55. The number of amides is 1. The SMILES string of the molecule is C#CC(=O)N(c1c(C)cc(C)cc1C)C(C)C#C. The second-order valence-corrected chi connectivity index (χ2v) is 4.41. The van der Waals surface area contributed by atoms with Crippen LogP contribution in [0, 0.1) is 45.5 Å². The van der Waals surface area contributed by atoms with E-state index in [2.05, 4.69) is 11.8 Å². The van der Waals surface area contributed by atoms with Gasteiger partial charge in [-0.1, -0.05) is 23.6 Å². The quantitative estimate of drug-likeness (QED) is 0.726. The molecule has 0 bridgehead atoms.